The summed E-state index contributed by atoms with van der Waals surface area (Å²) in [6, 6.07) is 26.1. The Hall–Kier alpha value is -3.17. The van der Waals surface area contributed by atoms with Crippen LogP contribution in [0.4, 0.5) is 0 Å². The van der Waals surface area contributed by atoms with E-state index in [9.17, 15) is 0 Å². The lowest BCUT2D eigenvalue weighted by atomic mass is 9.84. The number of amidine groups is 1. The minimum Gasteiger partial charge on any atom is -0.388 e. The molecule has 3 nitrogen and oxygen atoms in total. The molecule has 3 aromatic rings. The van der Waals surface area contributed by atoms with Gasteiger partial charge in [0, 0.05) is 12.6 Å². The van der Waals surface area contributed by atoms with E-state index in [4.69, 9.17) is 10.7 Å². The van der Waals surface area contributed by atoms with Gasteiger partial charge in [0.25, 0.3) is 0 Å². The number of aliphatic imine (C=N–C) groups is 1. The number of nitrogens with zero attached hydrogens (tertiary/aromatic N) is 1. The fourth-order valence-corrected chi connectivity index (χ4v) is 3.98. The first-order valence-electron chi connectivity index (χ1n) is 11.2. The van der Waals surface area contributed by atoms with Gasteiger partial charge in [-0.05, 0) is 74.1 Å². The third-order valence-electron chi connectivity index (χ3n) is 6.13. The van der Waals surface area contributed by atoms with Crippen LogP contribution in [-0.4, -0.2) is 5.84 Å². The smallest absolute Gasteiger partial charge is 0.105 e. The van der Waals surface area contributed by atoms with Crippen LogP contribution in [0.3, 0.4) is 0 Å². The van der Waals surface area contributed by atoms with E-state index in [-0.39, 0.29) is 6.04 Å². The zero-order chi connectivity index (χ0) is 23.3. The summed E-state index contributed by atoms with van der Waals surface area (Å²) in [5.41, 5.74) is 13.7. The fraction of sp³-hybridized carbons (Fsp3) is 0.276. The summed E-state index contributed by atoms with van der Waals surface area (Å²) >= 11 is 0. The molecule has 0 aliphatic heterocycles. The van der Waals surface area contributed by atoms with E-state index in [0.29, 0.717) is 5.84 Å². The molecule has 0 bridgehead atoms. The molecule has 32 heavy (non-hydrogen) atoms. The standard InChI is InChI=1S/C29H35N3/c1-20(2)29(6,32-23(5)30)27-14-10-13-25(18-27)28-17-21(3)15-16-26(28)19-31-22(4)24-11-8-7-9-12-24/h7-18,22,31H,1,19H2,2-6H3,(H2,30,32). The van der Waals surface area contributed by atoms with Crippen LogP contribution in [0.15, 0.2) is 89.9 Å². The van der Waals surface area contributed by atoms with Gasteiger partial charge < -0.3 is 11.1 Å². The average Bonchev–Trinajstić information content (AvgIpc) is 2.78. The first kappa shape index (κ1) is 23.5. The summed E-state index contributed by atoms with van der Waals surface area (Å²) in [6.45, 7) is 15.2. The Morgan fingerprint density at radius 3 is 2.41 bits per heavy atom. The molecular weight excluding hydrogens is 390 g/mol. The van der Waals surface area contributed by atoms with Crippen molar-refractivity contribution in [3.05, 3.63) is 107 Å². The lowest BCUT2D eigenvalue weighted by Crippen LogP contribution is -2.24. The van der Waals surface area contributed by atoms with Crippen LogP contribution in [0.1, 0.15) is 56.0 Å². The van der Waals surface area contributed by atoms with Gasteiger partial charge in [-0.1, -0.05) is 78.9 Å². The van der Waals surface area contributed by atoms with Crippen LogP contribution >= 0.6 is 0 Å². The van der Waals surface area contributed by atoms with Gasteiger partial charge in [0.2, 0.25) is 0 Å². The molecular formula is C29H35N3. The Kier molecular flexibility index (Phi) is 7.32. The van der Waals surface area contributed by atoms with Crippen LogP contribution < -0.4 is 11.1 Å². The molecule has 3 rings (SSSR count). The highest BCUT2D eigenvalue weighted by Crippen LogP contribution is 2.35. The number of rotatable bonds is 8. The largest absolute Gasteiger partial charge is 0.388 e. The van der Waals surface area contributed by atoms with Crippen molar-refractivity contribution >= 4 is 5.84 Å². The van der Waals surface area contributed by atoms with Crippen molar-refractivity contribution in [2.45, 2.75) is 52.7 Å². The van der Waals surface area contributed by atoms with E-state index in [1.165, 1.54) is 27.8 Å². The first-order valence-corrected chi connectivity index (χ1v) is 11.2. The number of hydrogen-bond acceptors (Lipinski definition) is 2. The van der Waals surface area contributed by atoms with Crippen molar-refractivity contribution < 1.29 is 0 Å². The van der Waals surface area contributed by atoms with Crippen LogP contribution in [0, 0.1) is 6.92 Å². The molecule has 0 heterocycles. The van der Waals surface area contributed by atoms with Gasteiger partial charge in [-0.2, -0.15) is 0 Å². The van der Waals surface area contributed by atoms with E-state index >= 15 is 0 Å². The summed E-state index contributed by atoms with van der Waals surface area (Å²) in [7, 11) is 0. The maximum Gasteiger partial charge on any atom is 0.105 e. The fourth-order valence-electron chi connectivity index (χ4n) is 3.98. The molecule has 0 amide bonds. The summed E-state index contributed by atoms with van der Waals surface area (Å²) in [5, 5.41) is 3.68. The molecule has 2 atom stereocenters. The van der Waals surface area contributed by atoms with Gasteiger partial charge in [-0.3, -0.25) is 4.99 Å². The summed E-state index contributed by atoms with van der Waals surface area (Å²) in [6.07, 6.45) is 0. The molecule has 0 saturated carbocycles. The number of aryl methyl sites for hydroxylation is 1. The van der Waals surface area contributed by atoms with E-state index in [2.05, 4.69) is 105 Å². The molecule has 0 spiro atoms. The van der Waals surface area contributed by atoms with Crippen LogP contribution in [0.5, 0.6) is 0 Å². The molecule has 0 radical (unpaired) electrons. The number of benzene rings is 3. The Morgan fingerprint density at radius 1 is 1.03 bits per heavy atom. The summed E-state index contributed by atoms with van der Waals surface area (Å²) in [5.74, 6) is 0.552. The van der Waals surface area contributed by atoms with Crippen molar-refractivity contribution in [3.63, 3.8) is 0 Å². The molecule has 0 aliphatic rings. The van der Waals surface area contributed by atoms with Gasteiger partial charge in [0.1, 0.15) is 5.54 Å². The van der Waals surface area contributed by atoms with Crippen molar-refractivity contribution in [3.8, 4) is 11.1 Å². The molecule has 3 aromatic carbocycles. The SMILES string of the molecule is C=C(C)C(C)(N=C(C)N)c1cccc(-c2cc(C)ccc2CNC(C)c2ccccc2)c1. The predicted octanol–water partition coefficient (Wildman–Crippen LogP) is 6.68. The van der Waals surface area contributed by atoms with Gasteiger partial charge in [0.15, 0.2) is 0 Å². The second-order valence-corrected chi connectivity index (χ2v) is 8.86. The number of hydrogen-bond donors (Lipinski definition) is 2. The molecule has 3 N–H and O–H groups in total. The average molecular weight is 426 g/mol. The molecule has 0 saturated heterocycles. The quantitative estimate of drug-likeness (QED) is 0.240. The third kappa shape index (κ3) is 5.35. The second-order valence-electron chi connectivity index (χ2n) is 8.86. The Morgan fingerprint density at radius 2 is 1.75 bits per heavy atom. The lowest BCUT2D eigenvalue weighted by Gasteiger charge is -2.27. The van der Waals surface area contributed by atoms with Gasteiger partial charge in [0.05, 0.1) is 5.84 Å². The molecule has 3 heteroatoms. The lowest BCUT2D eigenvalue weighted by molar-refractivity contribution is 0.575. The van der Waals surface area contributed by atoms with Crippen LogP contribution in [0.25, 0.3) is 11.1 Å². The van der Waals surface area contributed by atoms with E-state index in [1.807, 2.05) is 13.8 Å². The Labute approximate surface area is 193 Å². The normalized spacial score (nSPS) is 14.6. The third-order valence-corrected chi connectivity index (χ3v) is 6.13. The Bertz CT molecular complexity index is 1110. The van der Waals surface area contributed by atoms with Gasteiger partial charge >= 0.3 is 0 Å². The number of nitrogens with two attached hydrogens (primary N) is 1. The van der Waals surface area contributed by atoms with Crippen molar-refractivity contribution in [1.82, 2.24) is 5.32 Å². The van der Waals surface area contributed by atoms with Gasteiger partial charge in [-0.15, -0.1) is 0 Å². The topological polar surface area (TPSA) is 50.4 Å². The first-order chi connectivity index (χ1) is 15.2. The molecule has 2 unspecified atom stereocenters. The van der Waals surface area contributed by atoms with E-state index < -0.39 is 5.54 Å². The molecule has 166 valence electrons. The van der Waals surface area contributed by atoms with Crippen LogP contribution in [0.2, 0.25) is 0 Å². The van der Waals surface area contributed by atoms with Crippen LogP contribution in [-0.2, 0) is 12.1 Å². The highest BCUT2D eigenvalue weighted by molar-refractivity contribution is 5.78. The summed E-state index contributed by atoms with van der Waals surface area (Å²) < 4.78 is 0. The monoisotopic (exact) mass is 425 g/mol. The minimum atomic E-state index is -0.557. The molecule has 0 aromatic heterocycles. The maximum atomic E-state index is 5.96. The summed E-state index contributed by atoms with van der Waals surface area (Å²) in [4.78, 5) is 4.73. The van der Waals surface area contributed by atoms with Crippen molar-refractivity contribution in [2.75, 3.05) is 0 Å². The number of nitrogens with one attached hydrogen (secondary N) is 1. The van der Waals surface area contributed by atoms with Crippen molar-refractivity contribution in [1.29, 1.82) is 0 Å². The molecule has 0 fully saturated rings. The van der Waals surface area contributed by atoms with Crippen molar-refractivity contribution in [2.24, 2.45) is 10.7 Å². The second kappa shape index (κ2) is 9.97. The molecule has 0 aliphatic carbocycles. The predicted molar refractivity (Wildman–Crippen MR) is 138 cm³/mol. The highest BCUT2D eigenvalue weighted by atomic mass is 14.9. The zero-order valence-electron chi connectivity index (χ0n) is 19.9. The Balaban J connectivity index is 1.96. The maximum absolute atomic E-state index is 5.96. The van der Waals surface area contributed by atoms with E-state index in [0.717, 1.165) is 17.7 Å². The zero-order valence-corrected chi connectivity index (χ0v) is 19.9. The minimum absolute atomic E-state index is 0.269. The van der Waals surface area contributed by atoms with Gasteiger partial charge in [-0.25, -0.2) is 0 Å². The van der Waals surface area contributed by atoms with E-state index in [1.54, 1.807) is 0 Å². The highest BCUT2D eigenvalue weighted by Gasteiger charge is 2.27.